The standard InChI is InChI=1S/C16H14N2O2/c1-10-4-3-5-11(2)14(10)16-17-15(18-20-16)12-6-8-13(19)9-7-12/h3-9,19H,1-2H3. The van der Waals surface area contributed by atoms with Crippen LogP contribution in [0, 0.1) is 13.8 Å². The number of nitrogens with zero attached hydrogens (tertiary/aromatic N) is 2. The average molecular weight is 266 g/mol. The lowest BCUT2D eigenvalue weighted by molar-refractivity contribution is 0.432. The molecule has 3 rings (SSSR count). The Hall–Kier alpha value is -2.62. The third-order valence-corrected chi connectivity index (χ3v) is 3.25. The van der Waals surface area contributed by atoms with Gasteiger partial charge in [0.15, 0.2) is 0 Å². The molecule has 0 aliphatic rings. The molecule has 0 amide bonds. The summed E-state index contributed by atoms with van der Waals surface area (Å²) in [5, 5.41) is 13.3. The Morgan fingerprint density at radius 2 is 1.60 bits per heavy atom. The van der Waals surface area contributed by atoms with Crippen molar-refractivity contribution in [2.24, 2.45) is 0 Å². The van der Waals surface area contributed by atoms with E-state index in [9.17, 15) is 5.11 Å². The Bertz CT molecular complexity index is 725. The van der Waals surface area contributed by atoms with Gasteiger partial charge in [-0.25, -0.2) is 0 Å². The van der Waals surface area contributed by atoms with E-state index in [2.05, 4.69) is 10.1 Å². The number of aromatic nitrogens is 2. The van der Waals surface area contributed by atoms with Crippen LogP contribution in [-0.2, 0) is 0 Å². The molecular formula is C16H14N2O2. The monoisotopic (exact) mass is 266 g/mol. The second-order valence-corrected chi connectivity index (χ2v) is 4.74. The topological polar surface area (TPSA) is 59.2 Å². The van der Waals surface area contributed by atoms with Crippen molar-refractivity contribution in [3.8, 4) is 28.6 Å². The van der Waals surface area contributed by atoms with E-state index >= 15 is 0 Å². The van der Waals surface area contributed by atoms with Crippen LogP contribution < -0.4 is 0 Å². The van der Waals surface area contributed by atoms with Gasteiger partial charge in [-0.05, 0) is 49.2 Å². The Morgan fingerprint density at radius 3 is 2.25 bits per heavy atom. The fourth-order valence-corrected chi connectivity index (χ4v) is 2.20. The Morgan fingerprint density at radius 1 is 0.950 bits per heavy atom. The van der Waals surface area contributed by atoms with Gasteiger partial charge in [-0.15, -0.1) is 0 Å². The van der Waals surface area contributed by atoms with Crippen LogP contribution in [0.4, 0.5) is 0 Å². The molecule has 100 valence electrons. The molecule has 0 aliphatic carbocycles. The van der Waals surface area contributed by atoms with Crippen molar-refractivity contribution in [1.82, 2.24) is 10.1 Å². The van der Waals surface area contributed by atoms with Crippen LogP contribution in [-0.4, -0.2) is 15.2 Å². The van der Waals surface area contributed by atoms with Gasteiger partial charge in [-0.2, -0.15) is 4.98 Å². The molecule has 1 N–H and O–H groups in total. The molecule has 4 heteroatoms. The smallest absolute Gasteiger partial charge is 0.258 e. The zero-order valence-corrected chi connectivity index (χ0v) is 11.3. The highest BCUT2D eigenvalue weighted by Gasteiger charge is 2.14. The number of benzene rings is 2. The highest BCUT2D eigenvalue weighted by Crippen LogP contribution is 2.28. The average Bonchev–Trinajstić information content (AvgIpc) is 2.89. The molecule has 1 aromatic heterocycles. The molecule has 0 atom stereocenters. The third-order valence-electron chi connectivity index (χ3n) is 3.25. The van der Waals surface area contributed by atoms with E-state index in [1.807, 2.05) is 32.0 Å². The Labute approximate surface area is 116 Å². The third kappa shape index (κ3) is 2.16. The molecule has 0 saturated carbocycles. The van der Waals surface area contributed by atoms with Crippen LogP contribution in [0.25, 0.3) is 22.8 Å². The lowest BCUT2D eigenvalue weighted by Crippen LogP contribution is -1.88. The number of phenolic OH excluding ortho intramolecular Hbond substituents is 1. The van der Waals surface area contributed by atoms with Gasteiger partial charge in [0, 0.05) is 11.1 Å². The van der Waals surface area contributed by atoms with Crippen LogP contribution in [0.1, 0.15) is 11.1 Å². The van der Waals surface area contributed by atoms with Crippen molar-refractivity contribution in [2.45, 2.75) is 13.8 Å². The fourth-order valence-electron chi connectivity index (χ4n) is 2.20. The van der Waals surface area contributed by atoms with E-state index < -0.39 is 0 Å². The SMILES string of the molecule is Cc1cccc(C)c1-c1nc(-c2ccc(O)cc2)no1. The summed E-state index contributed by atoms with van der Waals surface area (Å²) in [6, 6.07) is 12.8. The van der Waals surface area contributed by atoms with Crippen LogP contribution >= 0.6 is 0 Å². The summed E-state index contributed by atoms with van der Waals surface area (Å²) in [5.74, 6) is 1.25. The molecule has 2 aromatic carbocycles. The summed E-state index contributed by atoms with van der Waals surface area (Å²) in [5.41, 5.74) is 3.99. The van der Waals surface area contributed by atoms with E-state index in [-0.39, 0.29) is 5.75 Å². The van der Waals surface area contributed by atoms with Crippen LogP contribution in [0.3, 0.4) is 0 Å². The minimum Gasteiger partial charge on any atom is -0.508 e. The first-order valence-corrected chi connectivity index (χ1v) is 6.35. The van der Waals surface area contributed by atoms with Gasteiger partial charge in [-0.1, -0.05) is 23.4 Å². The molecule has 0 unspecified atom stereocenters. The molecular weight excluding hydrogens is 252 g/mol. The molecule has 0 spiro atoms. The Balaban J connectivity index is 2.04. The van der Waals surface area contributed by atoms with Crippen LogP contribution in [0.5, 0.6) is 5.75 Å². The van der Waals surface area contributed by atoms with Crippen molar-refractivity contribution in [3.63, 3.8) is 0 Å². The molecule has 0 radical (unpaired) electrons. The maximum Gasteiger partial charge on any atom is 0.258 e. The van der Waals surface area contributed by atoms with Gasteiger partial charge in [0.1, 0.15) is 5.75 Å². The van der Waals surface area contributed by atoms with Crippen molar-refractivity contribution in [2.75, 3.05) is 0 Å². The minimum absolute atomic E-state index is 0.215. The molecule has 0 bridgehead atoms. The van der Waals surface area contributed by atoms with Crippen molar-refractivity contribution >= 4 is 0 Å². The molecule has 3 aromatic rings. The second-order valence-electron chi connectivity index (χ2n) is 4.74. The van der Waals surface area contributed by atoms with E-state index in [1.165, 1.54) is 0 Å². The zero-order chi connectivity index (χ0) is 14.1. The fraction of sp³-hybridized carbons (Fsp3) is 0.125. The van der Waals surface area contributed by atoms with Gasteiger partial charge < -0.3 is 9.63 Å². The summed E-state index contributed by atoms with van der Waals surface area (Å²) in [4.78, 5) is 4.44. The second kappa shape index (κ2) is 4.81. The molecule has 0 aliphatic heterocycles. The number of hydrogen-bond acceptors (Lipinski definition) is 4. The van der Waals surface area contributed by atoms with E-state index in [0.717, 1.165) is 22.3 Å². The first-order valence-electron chi connectivity index (χ1n) is 6.35. The van der Waals surface area contributed by atoms with Crippen molar-refractivity contribution in [1.29, 1.82) is 0 Å². The summed E-state index contributed by atoms with van der Waals surface area (Å²) >= 11 is 0. The predicted molar refractivity (Wildman–Crippen MR) is 76.3 cm³/mol. The number of aryl methyl sites for hydroxylation is 2. The molecule has 4 nitrogen and oxygen atoms in total. The maximum absolute atomic E-state index is 9.30. The van der Waals surface area contributed by atoms with Crippen molar-refractivity contribution in [3.05, 3.63) is 53.6 Å². The summed E-state index contributed by atoms with van der Waals surface area (Å²) in [6.07, 6.45) is 0. The summed E-state index contributed by atoms with van der Waals surface area (Å²) < 4.78 is 5.37. The lowest BCUT2D eigenvalue weighted by atomic mass is 10.0. The predicted octanol–water partition coefficient (Wildman–Crippen LogP) is 3.73. The van der Waals surface area contributed by atoms with Gasteiger partial charge >= 0.3 is 0 Å². The van der Waals surface area contributed by atoms with E-state index in [0.29, 0.717) is 11.7 Å². The van der Waals surface area contributed by atoms with Gasteiger partial charge in [0.25, 0.3) is 5.89 Å². The van der Waals surface area contributed by atoms with Crippen LogP contribution in [0.2, 0.25) is 0 Å². The minimum atomic E-state index is 0.215. The Kier molecular flexibility index (Phi) is 2.99. The van der Waals surface area contributed by atoms with Gasteiger partial charge in [-0.3, -0.25) is 0 Å². The first kappa shape index (κ1) is 12.4. The van der Waals surface area contributed by atoms with Crippen molar-refractivity contribution < 1.29 is 9.63 Å². The van der Waals surface area contributed by atoms with E-state index in [4.69, 9.17) is 4.52 Å². The lowest BCUT2D eigenvalue weighted by Gasteiger charge is -2.03. The quantitative estimate of drug-likeness (QED) is 0.767. The highest BCUT2D eigenvalue weighted by atomic mass is 16.5. The first-order chi connectivity index (χ1) is 9.65. The summed E-state index contributed by atoms with van der Waals surface area (Å²) in [6.45, 7) is 4.04. The van der Waals surface area contributed by atoms with Gasteiger partial charge in [0.05, 0.1) is 0 Å². The zero-order valence-electron chi connectivity index (χ0n) is 11.3. The van der Waals surface area contributed by atoms with E-state index in [1.54, 1.807) is 24.3 Å². The van der Waals surface area contributed by atoms with Crippen LogP contribution in [0.15, 0.2) is 47.0 Å². The molecule has 0 fully saturated rings. The molecule has 20 heavy (non-hydrogen) atoms. The number of rotatable bonds is 2. The number of hydrogen-bond donors (Lipinski definition) is 1. The normalized spacial score (nSPS) is 10.7. The highest BCUT2D eigenvalue weighted by molar-refractivity contribution is 5.65. The number of aromatic hydroxyl groups is 1. The van der Waals surface area contributed by atoms with Gasteiger partial charge in [0.2, 0.25) is 5.82 Å². The largest absolute Gasteiger partial charge is 0.508 e. The number of phenols is 1. The molecule has 1 heterocycles. The molecule has 0 saturated heterocycles. The summed E-state index contributed by atoms with van der Waals surface area (Å²) in [7, 11) is 0. The maximum atomic E-state index is 9.30.